The molecule has 19 heavy (non-hydrogen) atoms. The number of methoxy groups -OCH3 is 1. The van der Waals surface area contributed by atoms with Crippen LogP contribution in [0.1, 0.15) is 36.0 Å². The van der Waals surface area contributed by atoms with Crippen LogP contribution in [0.2, 0.25) is 0 Å². The average Bonchev–Trinajstić information content (AvgIpc) is 3.06. The molecule has 1 fully saturated rings. The van der Waals surface area contributed by atoms with E-state index in [1.807, 2.05) is 6.07 Å². The van der Waals surface area contributed by atoms with Crippen LogP contribution in [0.15, 0.2) is 18.5 Å². The van der Waals surface area contributed by atoms with Crippen molar-refractivity contribution >= 4 is 16.9 Å². The smallest absolute Gasteiger partial charge is 0.253 e. The van der Waals surface area contributed by atoms with E-state index in [4.69, 9.17) is 4.74 Å². The van der Waals surface area contributed by atoms with Gasteiger partial charge in [0.1, 0.15) is 11.4 Å². The van der Waals surface area contributed by atoms with Gasteiger partial charge in [-0.15, -0.1) is 0 Å². The van der Waals surface area contributed by atoms with Gasteiger partial charge in [-0.3, -0.25) is 4.79 Å². The van der Waals surface area contributed by atoms with Gasteiger partial charge >= 0.3 is 0 Å². The fourth-order valence-electron chi connectivity index (χ4n) is 2.62. The number of amides is 1. The SMILES string of the molecule is COc1cnc2[nH]cc(C(=O)NC3CCCC3)c2c1. The molecule has 0 aromatic carbocycles. The molecule has 1 aliphatic carbocycles. The van der Waals surface area contributed by atoms with E-state index in [0.717, 1.165) is 18.2 Å². The van der Waals surface area contributed by atoms with Gasteiger partial charge in [0.2, 0.25) is 0 Å². The van der Waals surface area contributed by atoms with Crippen LogP contribution in [-0.4, -0.2) is 29.0 Å². The number of nitrogens with one attached hydrogen (secondary N) is 2. The van der Waals surface area contributed by atoms with Crippen LogP contribution in [0, 0.1) is 0 Å². The van der Waals surface area contributed by atoms with Gasteiger partial charge in [-0.25, -0.2) is 4.98 Å². The van der Waals surface area contributed by atoms with Gasteiger partial charge in [0, 0.05) is 17.6 Å². The van der Waals surface area contributed by atoms with E-state index in [-0.39, 0.29) is 5.91 Å². The topological polar surface area (TPSA) is 67.0 Å². The Hall–Kier alpha value is -2.04. The highest BCUT2D eigenvalue weighted by Crippen LogP contribution is 2.23. The molecule has 0 atom stereocenters. The number of fused-ring (bicyclic) bond motifs is 1. The zero-order valence-electron chi connectivity index (χ0n) is 10.9. The summed E-state index contributed by atoms with van der Waals surface area (Å²) in [4.78, 5) is 19.5. The molecule has 1 amide bonds. The summed E-state index contributed by atoms with van der Waals surface area (Å²) in [7, 11) is 1.59. The minimum atomic E-state index is -0.0341. The maximum absolute atomic E-state index is 12.3. The van der Waals surface area contributed by atoms with Crippen LogP contribution in [0.25, 0.3) is 11.0 Å². The van der Waals surface area contributed by atoms with Crippen LogP contribution < -0.4 is 10.1 Å². The van der Waals surface area contributed by atoms with Crippen molar-refractivity contribution in [1.29, 1.82) is 0 Å². The first-order chi connectivity index (χ1) is 9.28. The molecule has 5 heteroatoms. The number of aromatic nitrogens is 2. The second-order valence-electron chi connectivity index (χ2n) is 4.93. The van der Waals surface area contributed by atoms with Crippen molar-refractivity contribution in [3.63, 3.8) is 0 Å². The minimum Gasteiger partial charge on any atom is -0.495 e. The molecule has 3 rings (SSSR count). The maximum Gasteiger partial charge on any atom is 0.253 e. The average molecular weight is 259 g/mol. The lowest BCUT2D eigenvalue weighted by Gasteiger charge is -2.11. The van der Waals surface area contributed by atoms with E-state index in [2.05, 4.69) is 15.3 Å². The lowest BCUT2D eigenvalue weighted by molar-refractivity contribution is 0.0939. The van der Waals surface area contributed by atoms with Gasteiger partial charge < -0.3 is 15.0 Å². The normalized spacial score (nSPS) is 15.8. The fourth-order valence-corrected chi connectivity index (χ4v) is 2.62. The molecule has 0 aliphatic heterocycles. The summed E-state index contributed by atoms with van der Waals surface area (Å²) in [5, 5.41) is 3.88. The summed E-state index contributed by atoms with van der Waals surface area (Å²) in [6.07, 6.45) is 7.91. The van der Waals surface area contributed by atoms with Crippen molar-refractivity contribution in [3.8, 4) is 5.75 Å². The highest BCUT2D eigenvalue weighted by Gasteiger charge is 2.20. The molecule has 0 saturated heterocycles. The molecular formula is C14H17N3O2. The van der Waals surface area contributed by atoms with Crippen LogP contribution in [0.3, 0.4) is 0 Å². The van der Waals surface area contributed by atoms with Gasteiger partial charge in [0.25, 0.3) is 5.91 Å². The highest BCUT2D eigenvalue weighted by atomic mass is 16.5. The Balaban J connectivity index is 1.88. The summed E-state index contributed by atoms with van der Waals surface area (Å²) in [6, 6.07) is 2.15. The molecule has 2 heterocycles. The monoisotopic (exact) mass is 259 g/mol. The van der Waals surface area contributed by atoms with Gasteiger partial charge in [-0.05, 0) is 18.9 Å². The van der Waals surface area contributed by atoms with E-state index in [1.54, 1.807) is 19.5 Å². The van der Waals surface area contributed by atoms with Crippen LogP contribution in [0.5, 0.6) is 5.75 Å². The zero-order valence-corrected chi connectivity index (χ0v) is 10.9. The molecule has 0 bridgehead atoms. The third-order valence-corrected chi connectivity index (χ3v) is 3.68. The second kappa shape index (κ2) is 4.91. The predicted molar refractivity (Wildman–Crippen MR) is 72.4 cm³/mol. The Bertz CT molecular complexity index is 600. The van der Waals surface area contributed by atoms with Gasteiger partial charge in [0.05, 0.1) is 18.9 Å². The quantitative estimate of drug-likeness (QED) is 0.888. The summed E-state index contributed by atoms with van der Waals surface area (Å²) >= 11 is 0. The lowest BCUT2D eigenvalue weighted by atomic mass is 10.2. The first-order valence-corrected chi connectivity index (χ1v) is 6.60. The summed E-state index contributed by atoms with van der Waals surface area (Å²) in [6.45, 7) is 0. The van der Waals surface area contributed by atoms with Crippen LogP contribution in [0.4, 0.5) is 0 Å². The molecular weight excluding hydrogens is 242 g/mol. The first kappa shape index (κ1) is 12.0. The molecule has 100 valence electrons. The van der Waals surface area contributed by atoms with E-state index in [0.29, 0.717) is 23.0 Å². The molecule has 0 radical (unpaired) electrons. The van der Waals surface area contributed by atoms with Crippen molar-refractivity contribution < 1.29 is 9.53 Å². The summed E-state index contributed by atoms with van der Waals surface area (Å²) < 4.78 is 5.15. The Labute approximate surface area is 111 Å². The van der Waals surface area contributed by atoms with Crippen molar-refractivity contribution in [2.24, 2.45) is 0 Å². The number of hydrogen-bond acceptors (Lipinski definition) is 3. The number of rotatable bonds is 3. The summed E-state index contributed by atoms with van der Waals surface area (Å²) in [5.74, 6) is 0.621. The molecule has 1 saturated carbocycles. The fraction of sp³-hybridized carbons (Fsp3) is 0.429. The van der Waals surface area contributed by atoms with Gasteiger partial charge in [-0.2, -0.15) is 0 Å². The number of carbonyl (C=O) groups excluding carboxylic acids is 1. The molecule has 2 N–H and O–H groups in total. The van der Waals surface area contributed by atoms with E-state index in [9.17, 15) is 4.79 Å². The second-order valence-corrected chi connectivity index (χ2v) is 4.93. The third kappa shape index (κ3) is 2.28. The van der Waals surface area contributed by atoms with Crippen LogP contribution >= 0.6 is 0 Å². The number of pyridine rings is 1. The van der Waals surface area contributed by atoms with Gasteiger partial charge in [0.15, 0.2) is 0 Å². The molecule has 0 unspecified atom stereocenters. The Morgan fingerprint density at radius 2 is 2.26 bits per heavy atom. The Morgan fingerprint density at radius 3 is 3.00 bits per heavy atom. The number of carbonyl (C=O) groups is 1. The first-order valence-electron chi connectivity index (χ1n) is 6.60. The summed E-state index contributed by atoms with van der Waals surface area (Å²) in [5.41, 5.74) is 1.34. The third-order valence-electron chi connectivity index (χ3n) is 3.68. The highest BCUT2D eigenvalue weighted by molar-refractivity contribution is 6.06. The number of aromatic amines is 1. The molecule has 1 aliphatic rings. The molecule has 2 aromatic heterocycles. The van der Waals surface area contributed by atoms with Crippen molar-refractivity contribution in [2.45, 2.75) is 31.7 Å². The minimum absolute atomic E-state index is 0.0341. The van der Waals surface area contributed by atoms with Gasteiger partial charge in [-0.1, -0.05) is 12.8 Å². The standard InChI is InChI=1S/C14H17N3O2/c1-19-10-6-11-12(8-16-13(11)15-7-10)14(18)17-9-4-2-3-5-9/h6-9H,2-5H2,1H3,(H,15,16)(H,17,18). The predicted octanol–water partition coefficient (Wildman–Crippen LogP) is 2.24. The number of hydrogen-bond donors (Lipinski definition) is 2. The number of H-pyrrole nitrogens is 1. The van der Waals surface area contributed by atoms with Crippen LogP contribution in [-0.2, 0) is 0 Å². The molecule has 5 nitrogen and oxygen atoms in total. The molecule has 2 aromatic rings. The van der Waals surface area contributed by atoms with Crippen molar-refractivity contribution in [1.82, 2.24) is 15.3 Å². The number of nitrogens with zero attached hydrogens (tertiary/aromatic N) is 1. The Morgan fingerprint density at radius 1 is 1.47 bits per heavy atom. The Kier molecular flexibility index (Phi) is 3.11. The van der Waals surface area contributed by atoms with Crippen molar-refractivity contribution in [2.75, 3.05) is 7.11 Å². The van der Waals surface area contributed by atoms with E-state index < -0.39 is 0 Å². The zero-order chi connectivity index (χ0) is 13.2. The molecule has 0 spiro atoms. The largest absolute Gasteiger partial charge is 0.495 e. The number of ether oxygens (including phenoxy) is 1. The lowest BCUT2D eigenvalue weighted by Crippen LogP contribution is -2.32. The van der Waals surface area contributed by atoms with E-state index >= 15 is 0 Å². The van der Waals surface area contributed by atoms with E-state index in [1.165, 1.54) is 12.8 Å². The maximum atomic E-state index is 12.3. The van der Waals surface area contributed by atoms with Crippen molar-refractivity contribution in [3.05, 3.63) is 24.0 Å².